The van der Waals surface area contributed by atoms with Crippen LogP contribution in [0.3, 0.4) is 0 Å². The summed E-state index contributed by atoms with van der Waals surface area (Å²) >= 11 is 6.37. The lowest BCUT2D eigenvalue weighted by Crippen LogP contribution is -2.33. The fourth-order valence-electron chi connectivity index (χ4n) is 5.73. The number of rotatable bonds is 9. The zero-order chi connectivity index (χ0) is 31.8. The minimum absolute atomic E-state index is 0.155. The van der Waals surface area contributed by atoms with Crippen LogP contribution in [0.1, 0.15) is 56.1 Å². The second-order valence-electron chi connectivity index (χ2n) is 11.0. The molecule has 0 amide bonds. The van der Waals surface area contributed by atoms with Crippen LogP contribution in [-0.4, -0.2) is 53.6 Å². The minimum Gasteiger partial charge on any atom is -0.478 e. The number of piperidine rings is 1. The second kappa shape index (κ2) is 12.8. The number of likely N-dealkylation sites (tertiary alicyclic amines) is 1. The van der Waals surface area contributed by atoms with Crippen molar-refractivity contribution in [2.45, 2.75) is 38.5 Å². The van der Waals surface area contributed by atoms with E-state index in [0.717, 1.165) is 58.0 Å². The first-order valence-corrected chi connectivity index (χ1v) is 16.9. The summed E-state index contributed by atoms with van der Waals surface area (Å²) in [4.78, 5) is 33.5. The number of carboxylic acid groups (broad SMARTS) is 1. The molecule has 10 nitrogen and oxygen atoms in total. The predicted octanol–water partition coefficient (Wildman–Crippen LogP) is 6.98. The fourth-order valence-corrected chi connectivity index (χ4v) is 7.94. The zero-order valence-electron chi connectivity index (χ0n) is 24.2. The number of aromatic nitrogens is 5. The summed E-state index contributed by atoms with van der Waals surface area (Å²) < 4.78 is 23.8. The Hall–Kier alpha value is -4.29. The van der Waals surface area contributed by atoms with E-state index in [-0.39, 0.29) is 29.2 Å². The van der Waals surface area contributed by atoms with Crippen molar-refractivity contribution in [3.8, 4) is 11.9 Å². The molecule has 0 bridgehead atoms. The molecule has 4 aromatic heterocycles. The molecule has 0 aliphatic carbocycles. The van der Waals surface area contributed by atoms with Crippen molar-refractivity contribution in [2.24, 2.45) is 0 Å². The molecule has 1 aliphatic rings. The SMILES string of the molecule is N#Cc1cc(F)c2nc(COc3cccc(C4CCN(Cc5nc6ccc(C(=O)O)cc6n5Cc5scnc5Br)CC4)n3)sc2c1. The molecular weight excluding hydrogens is 693 g/mol. The van der Waals surface area contributed by atoms with Gasteiger partial charge in [0.25, 0.3) is 0 Å². The van der Waals surface area contributed by atoms with Crippen LogP contribution < -0.4 is 4.74 Å². The summed E-state index contributed by atoms with van der Waals surface area (Å²) in [5.41, 5.74) is 5.04. The van der Waals surface area contributed by atoms with Gasteiger partial charge in [0.2, 0.25) is 5.88 Å². The summed E-state index contributed by atoms with van der Waals surface area (Å²) in [5, 5.41) is 19.3. The molecule has 0 spiro atoms. The molecule has 1 aliphatic heterocycles. The molecule has 14 heteroatoms. The lowest BCUT2D eigenvalue weighted by Gasteiger charge is -2.31. The number of hydrogen-bond donors (Lipinski definition) is 1. The first kappa shape index (κ1) is 30.4. The summed E-state index contributed by atoms with van der Waals surface area (Å²) in [5.74, 6) is 0.151. The quantitative estimate of drug-likeness (QED) is 0.168. The van der Waals surface area contributed by atoms with Gasteiger partial charge in [-0.05, 0) is 78.3 Å². The van der Waals surface area contributed by atoms with E-state index in [4.69, 9.17) is 20.0 Å². The van der Waals surface area contributed by atoms with E-state index in [2.05, 4.69) is 35.4 Å². The number of aromatic carboxylic acids is 1. The lowest BCUT2D eigenvalue weighted by atomic mass is 9.93. The maximum atomic E-state index is 14.3. The molecule has 0 atom stereocenters. The van der Waals surface area contributed by atoms with Crippen LogP contribution in [0, 0.1) is 17.1 Å². The molecule has 232 valence electrons. The highest BCUT2D eigenvalue weighted by atomic mass is 79.9. The Bertz CT molecular complexity index is 2130. The zero-order valence-corrected chi connectivity index (χ0v) is 27.4. The number of nitrogens with zero attached hydrogens (tertiary/aromatic N) is 7. The fraction of sp³-hybridized carbons (Fsp3) is 0.250. The van der Waals surface area contributed by atoms with Gasteiger partial charge in [0.1, 0.15) is 27.6 Å². The molecule has 7 rings (SSSR count). The third-order valence-corrected chi connectivity index (χ3v) is 10.8. The summed E-state index contributed by atoms with van der Waals surface area (Å²) in [7, 11) is 0. The Morgan fingerprint density at radius 3 is 2.74 bits per heavy atom. The maximum absolute atomic E-state index is 14.3. The number of carbonyl (C=O) groups is 1. The van der Waals surface area contributed by atoms with Gasteiger partial charge in [0.05, 0.1) is 56.4 Å². The van der Waals surface area contributed by atoms with Gasteiger partial charge in [0, 0.05) is 17.7 Å². The normalized spacial score (nSPS) is 14.2. The predicted molar refractivity (Wildman–Crippen MR) is 176 cm³/mol. The molecule has 0 saturated carbocycles. The van der Waals surface area contributed by atoms with Crippen molar-refractivity contribution in [1.82, 2.24) is 29.4 Å². The van der Waals surface area contributed by atoms with Crippen molar-refractivity contribution in [1.29, 1.82) is 5.26 Å². The van der Waals surface area contributed by atoms with Gasteiger partial charge in [-0.3, -0.25) is 4.90 Å². The van der Waals surface area contributed by atoms with E-state index in [0.29, 0.717) is 28.7 Å². The first-order chi connectivity index (χ1) is 22.3. The smallest absolute Gasteiger partial charge is 0.335 e. The van der Waals surface area contributed by atoms with Gasteiger partial charge in [-0.2, -0.15) is 5.26 Å². The van der Waals surface area contributed by atoms with Crippen LogP contribution >= 0.6 is 38.6 Å². The van der Waals surface area contributed by atoms with Crippen molar-refractivity contribution in [2.75, 3.05) is 13.1 Å². The molecular formula is C32H25BrFN7O3S2. The standard InChI is InChI=1S/C32H25BrFN7O3S2/c33-31-26(45-17-36-31)14-41-24-12-20(32(42)43)4-5-23(24)37-27(41)15-40-8-6-19(7-9-40)22-2-1-3-28(38-22)44-16-29-39-30-21(34)10-18(13-35)11-25(30)46-29/h1-5,10-12,17,19H,6-9,14-16H2,(H,42,43). The number of imidazole rings is 1. The number of benzene rings is 2. The molecule has 6 aromatic rings. The molecule has 46 heavy (non-hydrogen) atoms. The summed E-state index contributed by atoms with van der Waals surface area (Å²) in [6.07, 6.45) is 1.83. The number of ether oxygens (including phenoxy) is 1. The van der Waals surface area contributed by atoms with E-state index >= 15 is 0 Å². The van der Waals surface area contributed by atoms with Crippen LogP contribution in [0.4, 0.5) is 4.39 Å². The average molecular weight is 719 g/mol. The van der Waals surface area contributed by atoms with Crippen molar-refractivity contribution in [3.05, 3.63) is 97.0 Å². The number of hydrogen-bond acceptors (Lipinski definition) is 10. The first-order valence-electron chi connectivity index (χ1n) is 14.5. The molecule has 1 N–H and O–H groups in total. The number of pyridine rings is 1. The number of thiazole rings is 2. The van der Waals surface area contributed by atoms with Gasteiger partial charge < -0.3 is 14.4 Å². The maximum Gasteiger partial charge on any atom is 0.335 e. The van der Waals surface area contributed by atoms with Gasteiger partial charge in [-0.1, -0.05) is 6.07 Å². The molecule has 0 unspecified atom stereocenters. The molecule has 1 saturated heterocycles. The summed E-state index contributed by atoms with van der Waals surface area (Å²) in [6, 6.07) is 15.6. The molecule has 1 fully saturated rings. The van der Waals surface area contributed by atoms with Gasteiger partial charge in [-0.25, -0.2) is 29.1 Å². The van der Waals surface area contributed by atoms with Crippen LogP contribution in [0.25, 0.3) is 21.3 Å². The second-order valence-corrected chi connectivity index (χ2v) is 13.8. The summed E-state index contributed by atoms with van der Waals surface area (Å²) in [6.45, 7) is 3.04. The Morgan fingerprint density at radius 1 is 1.13 bits per heavy atom. The largest absolute Gasteiger partial charge is 0.478 e. The Labute approximate surface area is 278 Å². The van der Waals surface area contributed by atoms with Crippen molar-refractivity contribution < 1.29 is 19.0 Å². The highest BCUT2D eigenvalue weighted by Crippen LogP contribution is 2.31. The number of nitriles is 1. The highest BCUT2D eigenvalue weighted by molar-refractivity contribution is 9.10. The van der Waals surface area contributed by atoms with Crippen LogP contribution in [0.5, 0.6) is 5.88 Å². The Balaban J connectivity index is 1.02. The van der Waals surface area contributed by atoms with E-state index in [9.17, 15) is 14.3 Å². The lowest BCUT2D eigenvalue weighted by molar-refractivity contribution is 0.0697. The van der Waals surface area contributed by atoms with E-state index in [1.54, 1.807) is 41.1 Å². The topological polar surface area (TPSA) is 130 Å². The highest BCUT2D eigenvalue weighted by Gasteiger charge is 2.24. The third kappa shape index (κ3) is 6.23. The van der Waals surface area contributed by atoms with E-state index < -0.39 is 11.8 Å². The van der Waals surface area contributed by atoms with Crippen molar-refractivity contribution in [3.63, 3.8) is 0 Å². The van der Waals surface area contributed by atoms with Crippen LogP contribution in [0.2, 0.25) is 0 Å². The van der Waals surface area contributed by atoms with E-state index in [1.807, 2.05) is 24.3 Å². The Kier molecular flexibility index (Phi) is 8.48. The average Bonchev–Trinajstić information content (AvgIpc) is 3.77. The van der Waals surface area contributed by atoms with Crippen LogP contribution in [-0.2, 0) is 19.7 Å². The van der Waals surface area contributed by atoms with Crippen molar-refractivity contribution >= 4 is 65.8 Å². The van der Waals surface area contributed by atoms with Gasteiger partial charge >= 0.3 is 5.97 Å². The molecule has 5 heterocycles. The van der Waals surface area contributed by atoms with E-state index in [1.165, 1.54) is 17.4 Å². The molecule has 2 aromatic carbocycles. The monoisotopic (exact) mass is 717 g/mol. The number of carboxylic acids is 1. The van der Waals surface area contributed by atoms with Gasteiger partial charge in [0.15, 0.2) is 5.82 Å². The number of halogens is 2. The van der Waals surface area contributed by atoms with Crippen LogP contribution in [0.15, 0.2) is 58.6 Å². The minimum atomic E-state index is -0.970. The Morgan fingerprint density at radius 2 is 1.98 bits per heavy atom. The third-order valence-electron chi connectivity index (χ3n) is 8.05. The number of fused-ring (bicyclic) bond motifs is 2. The molecule has 0 radical (unpaired) electrons. The van der Waals surface area contributed by atoms with Gasteiger partial charge in [-0.15, -0.1) is 22.7 Å².